The molecule has 1 atom stereocenters. The maximum Gasteiger partial charge on any atom is 0.335 e. The van der Waals surface area contributed by atoms with Crippen molar-refractivity contribution in [2.75, 3.05) is 0 Å². The van der Waals surface area contributed by atoms with Gasteiger partial charge in [0.05, 0.1) is 17.8 Å². The first-order valence-electron chi connectivity index (χ1n) is 6.81. The van der Waals surface area contributed by atoms with Crippen molar-refractivity contribution < 1.29 is 14.7 Å². The average molecular weight is 302 g/mol. The van der Waals surface area contributed by atoms with Gasteiger partial charge in [-0.2, -0.15) is 5.10 Å². The maximum absolute atomic E-state index is 11.8. The van der Waals surface area contributed by atoms with Gasteiger partial charge in [0.1, 0.15) is 0 Å². The predicted octanol–water partition coefficient (Wildman–Crippen LogP) is 1.68. The largest absolute Gasteiger partial charge is 0.478 e. The fourth-order valence-electron chi connectivity index (χ4n) is 1.94. The van der Waals surface area contributed by atoms with Crippen LogP contribution in [0.1, 0.15) is 34.5 Å². The Morgan fingerprint density at radius 1 is 1.32 bits per heavy atom. The average Bonchev–Trinajstić information content (AvgIpc) is 2.92. The Hall–Kier alpha value is -2.83. The number of carboxylic acids is 1. The third-order valence-electron chi connectivity index (χ3n) is 3.23. The Labute approximate surface area is 128 Å². The van der Waals surface area contributed by atoms with Crippen LogP contribution in [-0.4, -0.2) is 26.9 Å². The molecule has 0 saturated heterocycles. The molecule has 2 rings (SSSR count). The van der Waals surface area contributed by atoms with E-state index in [2.05, 4.69) is 15.7 Å². The van der Waals surface area contributed by atoms with Crippen molar-refractivity contribution in [3.63, 3.8) is 0 Å². The van der Waals surface area contributed by atoms with Crippen molar-refractivity contribution in [3.05, 3.63) is 53.3 Å². The molecule has 0 fully saturated rings. The van der Waals surface area contributed by atoms with Crippen molar-refractivity contribution in [2.24, 2.45) is 7.05 Å². The second-order valence-corrected chi connectivity index (χ2v) is 5.00. The van der Waals surface area contributed by atoms with Gasteiger partial charge in [0.25, 0.3) is 0 Å². The van der Waals surface area contributed by atoms with Gasteiger partial charge in [0, 0.05) is 25.4 Å². The van der Waals surface area contributed by atoms with Gasteiger partial charge in [0.2, 0.25) is 0 Å². The first-order chi connectivity index (χ1) is 10.5. The third-order valence-corrected chi connectivity index (χ3v) is 3.23. The lowest BCUT2D eigenvalue weighted by Gasteiger charge is -2.13. The number of amides is 2. The highest BCUT2D eigenvalue weighted by Gasteiger charge is 2.10. The minimum atomic E-state index is -0.970. The molecule has 0 spiro atoms. The normalized spacial score (nSPS) is 11.7. The number of aromatic nitrogens is 2. The molecule has 1 aromatic heterocycles. The van der Waals surface area contributed by atoms with E-state index in [1.165, 1.54) is 12.1 Å². The van der Waals surface area contributed by atoms with Crippen LogP contribution in [0, 0.1) is 0 Å². The van der Waals surface area contributed by atoms with Gasteiger partial charge in [-0.15, -0.1) is 0 Å². The van der Waals surface area contributed by atoms with Crippen LogP contribution in [0.2, 0.25) is 0 Å². The predicted molar refractivity (Wildman–Crippen MR) is 80.4 cm³/mol. The SMILES string of the molecule is CC(NC(=O)NCc1ccc(C(=O)O)cc1)c1cnn(C)c1. The van der Waals surface area contributed by atoms with E-state index >= 15 is 0 Å². The Balaban J connectivity index is 1.83. The summed E-state index contributed by atoms with van der Waals surface area (Å²) in [6.07, 6.45) is 3.55. The Morgan fingerprint density at radius 2 is 2.00 bits per heavy atom. The van der Waals surface area contributed by atoms with Gasteiger partial charge in [-0.25, -0.2) is 9.59 Å². The maximum atomic E-state index is 11.8. The highest BCUT2D eigenvalue weighted by Crippen LogP contribution is 2.10. The van der Waals surface area contributed by atoms with Crippen LogP contribution in [0.5, 0.6) is 0 Å². The number of hydrogen-bond donors (Lipinski definition) is 3. The van der Waals surface area contributed by atoms with E-state index in [0.717, 1.165) is 11.1 Å². The summed E-state index contributed by atoms with van der Waals surface area (Å²) in [5.41, 5.74) is 1.97. The van der Waals surface area contributed by atoms with Crippen LogP contribution in [0.25, 0.3) is 0 Å². The number of nitrogens with one attached hydrogen (secondary N) is 2. The number of urea groups is 1. The van der Waals surface area contributed by atoms with Gasteiger partial charge in [0.15, 0.2) is 0 Å². The number of carbonyl (C=O) groups is 2. The van der Waals surface area contributed by atoms with E-state index in [1.807, 2.05) is 20.2 Å². The molecule has 0 aliphatic rings. The van der Waals surface area contributed by atoms with E-state index < -0.39 is 5.97 Å². The van der Waals surface area contributed by atoms with Crippen LogP contribution in [-0.2, 0) is 13.6 Å². The zero-order chi connectivity index (χ0) is 16.1. The summed E-state index contributed by atoms with van der Waals surface area (Å²) in [7, 11) is 1.82. The van der Waals surface area contributed by atoms with Crippen molar-refractivity contribution in [1.82, 2.24) is 20.4 Å². The molecular weight excluding hydrogens is 284 g/mol. The standard InChI is InChI=1S/C15H18N4O3/c1-10(13-8-17-19(2)9-13)18-15(22)16-7-11-3-5-12(6-4-11)14(20)21/h3-6,8-10H,7H2,1-2H3,(H,20,21)(H2,16,18,22). The van der Waals surface area contributed by atoms with Crippen LogP contribution >= 0.6 is 0 Å². The van der Waals surface area contributed by atoms with E-state index in [0.29, 0.717) is 6.54 Å². The fourth-order valence-corrected chi connectivity index (χ4v) is 1.94. The van der Waals surface area contributed by atoms with Crippen molar-refractivity contribution >= 4 is 12.0 Å². The molecule has 2 aromatic rings. The molecule has 0 aliphatic heterocycles. The third kappa shape index (κ3) is 4.08. The van der Waals surface area contributed by atoms with Gasteiger partial charge in [-0.3, -0.25) is 4.68 Å². The summed E-state index contributed by atoms with van der Waals surface area (Å²) in [5.74, 6) is -0.970. The van der Waals surface area contributed by atoms with Crippen LogP contribution < -0.4 is 10.6 Å². The molecule has 1 aromatic carbocycles. The second-order valence-electron chi connectivity index (χ2n) is 5.00. The van der Waals surface area contributed by atoms with Gasteiger partial charge in [-0.1, -0.05) is 12.1 Å². The molecule has 7 heteroatoms. The fraction of sp³-hybridized carbons (Fsp3) is 0.267. The summed E-state index contributed by atoms with van der Waals surface area (Å²) in [4.78, 5) is 22.6. The van der Waals surface area contributed by atoms with Crippen molar-refractivity contribution in [2.45, 2.75) is 19.5 Å². The summed E-state index contributed by atoms with van der Waals surface area (Å²) in [6, 6.07) is 5.93. The van der Waals surface area contributed by atoms with Crippen molar-refractivity contribution in [3.8, 4) is 0 Å². The number of hydrogen-bond acceptors (Lipinski definition) is 3. The molecular formula is C15H18N4O3. The van der Waals surface area contributed by atoms with Crippen molar-refractivity contribution in [1.29, 1.82) is 0 Å². The first kappa shape index (κ1) is 15.6. The minimum absolute atomic E-state index is 0.150. The Morgan fingerprint density at radius 3 is 2.55 bits per heavy atom. The highest BCUT2D eigenvalue weighted by atomic mass is 16.4. The molecule has 0 radical (unpaired) electrons. The quantitative estimate of drug-likeness (QED) is 0.783. The summed E-state index contributed by atoms with van der Waals surface area (Å²) < 4.78 is 1.68. The van der Waals surface area contributed by atoms with Crippen LogP contribution in [0.4, 0.5) is 4.79 Å². The summed E-state index contributed by atoms with van der Waals surface area (Å²) in [5, 5.41) is 18.4. The zero-order valence-electron chi connectivity index (χ0n) is 12.4. The van der Waals surface area contributed by atoms with Crippen LogP contribution in [0.3, 0.4) is 0 Å². The molecule has 7 nitrogen and oxygen atoms in total. The highest BCUT2D eigenvalue weighted by molar-refractivity contribution is 5.87. The van der Waals surface area contributed by atoms with Gasteiger partial charge >= 0.3 is 12.0 Å². The molecule has 1 heterocycles. The zero-order valence-corrected chi connectivity index (χ0v) is 12.4. The number of benzene rings is 1. The molecule has 3 N–H and O–H groups in total. The molecule has 1 unspecified atom stereocenters. The van der Waals surface area contributed by atoms with E-state index in [1.54, 1.807) is 23.0 Å². The number of carbonyl (C=O) groups excluding carboxylic acids is 1. The number of nitrogens with zero attached hydrogens (tertiary/aromatic N) is 2. The molecule has 0 saturated carbocycles. The van der Waals surface area contributed by atoms with E-state index in [-0.39, 0.29) is 17.6 Å². The van der Waals surface area contributed by atoms with Gasteiger partial charge < -0.3 is 15.7 Å². The summed E-state index contributed by atoms with van der Waals surface area (Å²) in [6.45, 7) is 2.20. The lowest BCUT2D eigenvalue weighted by Crippen LogP contribution is -2.36. The minimum Gasteiger partial charge on any atom is -0.478 e. The second kappa shape index (κ2) is 6.75. The topological polar surface area (TPSA) is 96.2 Å². The number of aromatic carboxylic acids is 1. The van der Waals surface area contributed by atoms with E-state index in [4.69, 9.17) is 5.11 Å². The number of rotatable bonds is 5. The molecule has 2 amide bonds. The molecule has 0 aliphatic carbocycles. The molecule has 116 valence electrons. The monoisotopic (exact) mass is 302 g/mol. The van der Waals surface area contributed by atoms with Crippen LogP contribution in [0.15, 0.2) is 36.7 Å². The number of carboxylic acid groups (broad SMARTS) is 1. The van der Waals surface area contributed by atoms with E-state index in [9.17, 15) is 9.59 Å². The lowest BCUT2D eigenvalue weighted by molar-refractivity contribution is 0.0697. The number of aryl methyl sites for hydroxylation is 1. The van der Waals surface area contributed by atoms with Gasteiger partial charge in [-0.05, 0) is 24.6 Å². The molecule has 0 bridgehead atoms. The first-order valence-corrected chi connectivity index (χ1v) is 6.81. The summed E-state index contributed by atoms with van der Waals surface area (Å²) >= 11 is 0. The lowest BCUT2D eigenvalue weighted by atomic mass is 10.1. The Bertz CT molecular complexity index is 664. The smallest absolute Gasteiger partial charge is 0.335 e. The molecule has 22 heavy (non-hydrogen) atoms. The Kier molecular flexibility index (Phi) is 4.77.